The molecule has 0 saturated carbocycles. The van der Waals surface area contributed by atoms with Gasteiger partial charge in [-0.15, -0.1) is 0 Å². The quantitative estimate of drug-likeness (QED) is 0.170. The van der Waals surface area contributed by atoms with Crippen molar-refractivity contribution in [2.75, 3.05) is 0 Å². The second-order valence-electron chi connectivity index (χ2n) is 13.8. The van der Waals surface area contributed by atoms with Crippen LogP contribution in [0.4, 0.5) is 0 Å². The molecule has 0 bridgehead atoms. The number of oxazole rings is 1. The Bertz CT molecular complexity index is 3210. The number of hydrogen-bond acceptors (Lipinski definition) is 6. The minimum atomic E-state index is 0.519. The minimum Gasteiger partial charge on any atom is -0.455 e. The van der Waals surface area contributed by atoms with Crippen molar-refractivity contribution in [1.29, 1.82) is 0 Å². The monoisotopic (exact) mass is 718 g/mol. The Morgan fingerprint density at radius 1 is 0.339 bits per heavy atom. The molecule has 0 radical (unpaired) electrons. The van der Waals surface area contributed by atoms with Crippen LogP contribution >= 0.6 is 0 Å². The van der Waals surface area contributed by atoms with Gasteiger partial charge in [0.2, 0.25) is 5.89 Å². The predicted molar refractivity (Wildman–Crippen MR) is 225 cm³/mol. The van der Waals surface area contributed by atoms with Crippen LogP contribution < -0.4 is 0 Å². The van der Waals surface area contributed by atoms with Gasteiger partial charge < -0.3 is 8.83 Å². The Balaban J connectivity index is 1.08. The van der Waals surface area contributed by atoms with Crippen LogP contribution in [0, 0.1) is 0 Å². The molecule has 0 fully saturated rings. The molecular weight excluding hydrogens is 689 g/mol. The maximum Gasteiger partial charge on any atom is 0.227 e. The van der Waals surface area contributed by atoms with Crippen LogP contribution in [0.3, 0.4) is 0 Å². The van der Waals surface area contributed by atoms with Gasteiger partial charge in [-0.1, -0.05) is 152 Å². The summed E-state index contributed by atoms with van der Waals surface area (Å²) in [6.45, 7) is 0. The van der Waals surface area contributed by atoms with Crippen LogP contribution in [0.25, 0.3) is 112 Å². The molecule has 11 aromatic rings. The van der Waals surface area contributed by atoms with Crippen LogP contribution in [0.1, 0.15) is 0 Å². The van der Waals surface area contributed by atoms with Gasteiger partial charge in [0.25, 0.3) is 0 Å². The lowest BCUT2D eigenvalue weighted by Crippen LogP contribution is -2.00. The van der Waals surface area contributed by atoms with Crippen LogP contribution in [-0.2, 0) is 0 Å². The summed E-state index contributed by atoms with van der Waals surface area (Å²) in [6, 6.07) is 61.8. The average molecular weight is 719 g/mol. The van der Waals surface area contributed by atoms with E-state index in [0.29, 0.717) is 40.1 Å². The fourth-order valence-corrected chi connectivity index (χ4v) is 7.60. The molecule has 56 heavy (non-hydrogen) atoms. The van der Waals surface area contributed by atoms with E-state index in [1.54, 1.807) is 0 Å². The number of benzene rings is 8. The lowest BCUT2D eigenvalue weighted by molar-refractivity contribution is 0.619. The van der Waals surface area contributed by atoms with Gasteiger partial charge in [0.05, 0.1) is 10.9 Å². The molecule has 6 heteroatoms. The summed E-state index contributed by atoms with van der Waals surface area (Å²) in [6.07, 6.45) is 0. The lowest BCUT2D eigenvalue weighted by Gasteiger charge is -2.11. The van der Waals surface area contributed by atoms with E-state index in [9.17, 15) is 0 Å². The van der Waals surface area contributed by atoms with Crippen molar-refractivity contribution in [3.05, 3.63) is 182 Å². The first-order valence-corrected chi connectivity index (χ1v) is 18.5. The van der Waals surface area contributed by atoms with E-state index in [1.165, 1.54) is 11.1 Å². The van der Waals surface area contributed by atoms with Gasteiger partial charge in [-0.2, -0.15) is 0 Å². The molecule has 0 aliphatic heterocycles. The van der Waals surface area contributed by atoms with Crippen molar-refractivity contribution in [3.63, 3.8) is 0 Å². The summed E-state index contributed by atoms with van der Waals surface area (Å²) >= 11 is 0. The van der Waals surface area contributed by atoms with E-state index < -0.39 is 0 Å². The Morgan fingerprint density at radius 3 is 1.46 bits per heavy atom. The van der Waals surface area contributed by atoms with Crippen LogP contribution in [0.2, 0.25) is 0 Å². The molecule has 0 aliphatic rings. The normalized spacial score (nSPS) is 11.6. The summed E-state index contributed by atoms with van der Waals surface area (Å²) in [5, 5.41) is 3.92. The van der Waals surface area contributed by atoms with Gasteiger partial charge in [-0.3, -0.25) is 0 Å². The highest BCUT2D eigenvalue weighted by molar-refractivity contribution is 6.27. The van der Waals surface area contributed by atoms with E-state index in [4.69, 9.17) is 28.8 Å². The third-order valence-electron chi connectivity index (χ3n) is 10.4. The van der Waals surface area contributed by atoms with E-state index in [-0.39, 0.29) is 0 Å². The molecule has 0 saturated heterocycles. The molecule has 3 aromatic heterocycles. The average Bonchev–Trinajstić information content (AvgIpc) is 3.90. The van der Waals surface area contributed by atoms with E-state index >= 15 is 0 Å². The summed E-state index contributed by atoms with van der Waals surface area (Å²) < 4.78 is 13.1. The van der Waals surface area contributed by atoms with E-state index in [2.05, 4.69) is 97.1 Å². The van der Waals surface area contributed by atoms with Gasteiger partial charge in [0.15, 0.2) is 23.1 Å². The molecular formula is C50H30N4O2. The van der Waals surface area contributed by atoms with Gasteiger partial charge in [0.1, 0.15) is 16.7 Å². The highest BCUT2D eigenvalue weighted by Gasteiger charge is 2.23. The Labute approximate surface area is 321 Å². The Morgan fingerprint density at radius 2 is 0.821 bits per heavy atom. The van der Waals surface area contributed by atoms with Gasteiger partial charge in [0, 0.05) is 22.1 Å². The molecule has 8 aromatic carbocycles. The third-order valence-corrected chi connectivity index (χ3v) is 10.4. The lowest BCUT2D eigenvalue weighted by atomic mass is 9.99. The standard InChI is InChI=1S/C50H30N4O2/c1-4-12-31(13-5-1)32-20-22-33(23-21-32)34-24-26-36(27-25-34)48-52-47(35-14-6-2-7-15-35)53-49(54-48)40-30-38-18-10-11-19-39(38)43-44-41(55-46(40)43)28-29-42-45(44)51-50(56-42)37-16-8-3-9-17-37/h1-30H. The van der Waals surface area contributed by atoms with Crippen molar-refractivity contribution in [2.24, 2.45) is 0 Å². The Hall–Kier alpha value is -7.70. The summed E-state index contributed by atoms with van der Waals surface area (Å²) in [4.78, 5) is 20.3. The molecule has 0 atom stereocenters. The van der Waals surface area contributed by atoms with Crippen LogP contribution in [-0.4, -0.2) is 19.9 Å². The number of aromatic nitrogens is 4. The van der Waals surface area contributed by atoms with E-state index in [0.717, 1.165) is 60.4 Å². The third kappa shape index (κ3) is 5.43. The number of nitrogens with zero attached hydrogens (tertiary/aromatic N) is 4. The molecule has 0 spiro atoms. The second-order valence-corrected chi connectivity index (χ2v) is 13.8. The first-order valence-electron chi connectivity index (χ1n) is 18.5. The van der Waals surface area contributed by atoms with Crippen molar-refractivity contribution in [2.45, 2.75) is 0 Å². The maximum atomic E-state index is 6.78. The first kappa shape index (κ1) is 31.8. The number of hydrogen-bond donors (Lipinski definition) is 0. The fourth-order valence-electron chi connectivity index (χ4n) is 7.60. The SMILES string of the molecule is c1ccc(-c2ccc(-c3ccc(-c4nc(-c5ccccc5)nc(-c5cc6ccccc6c6c5oc5ccc7oc(-c8ccccc8)nc7c56)n4)cc3)cc2)cc1. The molecule has 0 unspecified atom stereocenters. The van der Waals surface area contributed by atoms with Gasteiger partial charge in [-0.05, 0) is 63.4 Å². The second kappa shape index (κ2) is 13.0. The Kier molecular flexibility index (Phi) is 7.38. The zero-order chi connectivity index (χ0) is 37.0. The predicted octanol–water partition coefficient (Wildman–Crippen LogP) is 13.1. The molecule has 0 N–H and O–H groups in total. The summed E-state index contributed by atoms with van der Waals surface area (Å²) in [5.74, 6) is 2.23. The molecule has 0 amide bonds. The van der Waals surface area contributed by atoms with Gasteiger partial charge >= 0.3 is 0 Å². The minimum absolute atomic E-state index is 0.519. The maximum absolute atomic E-state index is 6.78. The van der Waals surface area contributed by atoms with Crippen molar-refractivity contribution in [1.82, 2.24) is 19.9 Å². The van der Waals surface area contributed by atoms with E-state index in [1.807, 2.05) is 84.9 Å². The zero-order valence-electron chi connectivity index (χ0n) is 29.9. The van der Waals surface area contributed by atoms with Crippen molar-refractivity contribution >= 4 is 43.8 Å². The smallest absolute Gasteiger partial charge is 0.227 e. The largest absolute Gasteiger partial charge is 0.455 e. The molecule has 11 rings (SSSR count). The van der Waals surface area contributed by atoms with Gasteiger partial charge in [-0.25, -0.2) is 19.9 Å². The first-order chi connectivity index (χ1) is 27.7. The fraction of sp³-hybridized carbons (Fsp3) is 0. The molecule has 262 valence electrons. The highest BCUT2D eigenvalue weighted by Crippen LogP contribution is 2.44. The van der Waals surface area contributed by atoms with Crippen molar-refractivity contribution < 1.29 is 8.83 Å². The van der Waals surface area contributed by atoms with Crippen LogP contribution in [0.15, 0.2) is 191 Å². The van der Waals surface area contributed by atoms with Crippen LogP contribution in [0.5, 0.6) is 0 Å². The summed E-state index contributed by atoms with van der Waals surface area (Å²) in [5.41, 5.74) is 10.9. The topological polar surface area (TPSA) is 77.8 Å². The highest BCUT2D eigenvalue weighted by atomic mass is 16.4. The zero-order valence-corrected chi connectivity index (χ0v) is 29.9. The molecule has 6 nitrogen and oxygen atoms in total. The van der Waals surface area contributed by atoms with Crippen molar-refractivity contribution in [3.8, 4) is 67.9 Å². The number of rotatable bonds is 6. The molecule has 0 aliphatic carbocycles. The summed E-state index contributed by atoms with van der Waals surface area (Å²) in [7, 11) is 0. The number of fused-ring (bicyclic) bond motifs is 7. The molecule has 3 heterocycles. The number of furan rings is 1.